The van der Waals surface area contributed by atoms with Crippen LogP contribution < -0.4 is 20.7 Å². The van der Waals surface area contributed by atoms with E-state index in [1.54, 1.807) is 6.07 Å². The first-order chi connectivity index (χ1) is 26.6. The van der Waals surface area contributed by atoms with Gasteiger partial charge in [0.1, 0.15) is 13.8 Å². The highest BCUT2D eigenvalue weighted by Crippen LogP contribution is 2.43. The molecular formula is C41H49N5O9Si. The van der Waals surface area contributed by atoms with Crippen molar-refractivity contribution in [3.05, 3.63) is 122 Å². The van der Waals surface area contributed by atoms with Crippen LogP contribution in [0.5, 0.6) is 0 Å². The molecule has 1 amide bonds. The molecule has 1 atom stereocenters. The Balaban J connectivity index is 1.23. The van der Waals surface area contributed by atoms with E-state index in [9.17, 15) is 29.6 Å². The minimum absolute atomic E-state index is 0.0947. The van der Waals surface area contributed by atoms with Gasteiger partial charge in [-0.25, -0.2) is 9.59 Å². The maximum atomic E-state index is 13.4. The number of rotatable bonds is 17. The maximum absolute atomic E-state index is 13.4. The van der Waals surface area contributed by atoms with E-state index in [2.05, 4.69) is 74.7 Å². The van der Waals surface area contributed by atoms with Crippen LogP contribution in [0.4, 0.5) is 17.1 Å². The largest absolute Gasteiger partial charge is 0.478 e. The number of benzene rings is 3. The fourth-order valence-electron chi connectivity index (χ4n) is 6.89. The third-order valence-corrected chi connectivity index (χ3v) is 13.5. The number of anilines is 2. The van der Waals surface area contributed by atoms with Crippen molar-refractivity contribution in [2.75, 3.05) is 85.0 Å². The molecule has 0 fully saturated rings. The van der Waals surface area contributed by atoms with E-state index in [4.69, 9.17) is 9.47 Å². The molecule has 3 aromatic rings. The molecule has 1 aliphatic carbocycles. The van der Waals surface area contributed by atoms with Gasteiger partial charge >= 0.3 is 11.9 Å². The van der Waals surface area contributed by atoms with Crippen LogP contribution in [0.25, 0.3) is 5.57 Å². The summed E-state index contributed by atoms with van der Waals surface area (Å²) in [6, 6.07) is 15.1. The SMILES string of the molecule is COC(=O)c1ccc([N+](=O)[O-])c(NCCOCCOCCNC(=O)c2ccc(C(=O)O)c(C3=C4C=CC(N(C)C)C=C4[Si](C)(C)c4cc(N(C)C)ccc43)c2)c1. The highest BCUT2D eigenvalue weighted by molar-refractivity contribution is 6.97. The standard InChI is InChI=1S/C41H49N5O9Si/c1-44(2)28-10-13-31-36(24-28)56(6,7)37-25-29(45(3)4)11-14-32(37)38(31)33-22-26(8-12-30(33)40(48)49)39(47)43-17-19-55-21-20-54-18-16-42-34-23-27(41(50)53-5)9-15-35(34)46(51)52/h8-15,22-25,28,42H,16-21H2,1-7H3,(H,43,47)(H,48,49). The summed E-state index contributed by atoms with van der Waals surface area (Å²) in [6.45, 7) is 6.04. The Bertz CT molecular complexity index is 2110. The number of hydrogen-bond acceptors (Lipinski definition) is 11. The number of amides is 1. The predicted molar refractivity (Wildman–Crippen MR) is 219 cm³/mol. The van der Waals surface area contributed by atoms with Gasteiger partial charge in [0.15, 0.2) is 0 Å². The van der Waals surface area contributed by atoms with Crippen LogP contribution in [0.1, 0.15) is 42.2 Å². The van der Waals surface area contributed by atoms with Crippen LogP contribution in [0.2, 0.25) is 13.1 Å². The zero-order chi connectivity index (χ0) is 40.7. The minimum atomic E-state index is -2.25. The van der Waals surface area contributed by atoms with E-state index in [0.29, 0.717) is 11.1 Å². The quantitative estimate of drug-likeness (QED) is 0.0567. The van der Waals surface area contributed by atoms with Crippen molar-refractivity contribution in [3.63, 3.8) is 0 Å². The number of nitro groups is 1. The zero-order valence-corrected chi connectivity index (χ0v) is 33.8. The minimum Gasteiger partial charge on any atom is -0.478 e. The van der Waals surface area contributed by atoms with Crippen molar-refractivity contribution < 1.29 is 38.6 Å². The first-order valence-electron chi connectivity index (χ1n) is 18.2. The molecule has 2 aliphatic rings. The summed E-state index contributed by atoms with van der Waals surface area (Å²) >= 11 is 0. The Labute approximate surface area is 327 Å². The summed E-state index contributed by atoms with van der Waals surface area (Å²) in [5.41, 5.74) is 4.94. The van der Waals surface area contributed by atoms with Crippen molar-refractivity contribution in [1.82, 2.24) is 10.2 Å². The van der Waals surface area contributed by atoms with E-state index in [0.717, 1.165) is 22.4 Å². The molecule has 15 heteroatoms. The molecule has 0 bridgehead atoms. The molecule has 56 heavy (non-hydrogen) atoms. The van der Waals surface area contributed by atoms with Crippen molar-refractivity contribution >= 4 is 53.7 Å². The van der Waals surface area contributed by atoms with Gasteiger partial charge in [0, 0.05) is 50.5 Å². The molecule has 14 nitrogen and oxygen atoms in total. The molecule has 1 unspecified atom stereocenters. The Morgan fingerprint density at radius 1 is 0.893 bits per heavy atom. The normalized spacial score (nSPS) is 15.4. The highest BCUT2D eigenvalue weighted by Gasteiger charge is 2.41. The van der Waals surface area contributed by atoms with E-state index in [1.165, 1.54) is 47.8 Å². The van der Waals surface area contributed by atoms with E-state index >= 15 is 0 Å². The van der Waals surface area contributed by atoms with Crippen molar-refractivity contribution in [3.8, 4) is 0 Å². The lowest BCUT2D eigenvalue weighted by molar-refractivity contribution is -0.384. The van der Waals surface area contributed by atoms with Gasteiger partial charge in [-0.1, -0.05) is 37.4 Å². The summed E-state index contributed by atoms with van der Waals surface area (Å²) in [5, 5.41) is 30.0. The molecule has 0 radical (unpaired) electrons. The summed E-state index contributed by atoms with van der Waals surface area (Å²) in [7, 11) is 7.07. The van der Waals surface area contributed by atoms with E-state index < -0.39 is 24.9 Å². The number of nitrogens with one attached hydrogen (secondary N) is 2. The van der Waals surface area contributed by atoms with Crippen molar-refractivity contribution in [2.45, 2.75) is 19.1 Å². The lowest BCUT2D eigenvalue weighted by Gasteiger charge is -2.40. The van der Waals surface area contributed by atoms with Crippen LogP contribution in [0.3, 0.4) is 0 Å². The Morgan fingerprint density at radius 3 is 2.23 bits per heavy atom. The van der Waals surface area contributed by atoms with Gasteiger partial charge in [0.05, 0.1) is 49.6 Å². The number of carbonyl (C=O) groups is 3. The van der Waals surface area contributed by atoms with Gasteiger partial charge in [-0.15, -0.1) is 0 Å². The number of methoxy groups -OCH3 is 1. The number of likely N-dealkylation sites (N-methyl/N-ethyl adjacent to an activating group) is 1. The van der Waals surface area contributed by atoms with Crippen molar-refractivity contribution in [2.24, 2.45) is 0 Å². The summed E-state index contributed by atoms with van der Waals surface area (Å²) in [5.74, 6) is -2.04. The smallest absolute Gasteiger partial charge is 0.337 e. The molecule has 0 saturated heterocycles. The Morgan fingerprint density at radius 2 is 1.59 bits per heavy atom. The molecule has 3 aromatic carbocycles. The van der Waals surface area contributed by atoms with E-state index in [-0.39, 0.29) is 74.0 Å². The second kappa shape index (κ2) is 17.9. The molecular weight excluding hydrogens is 735 g/mol. The van der Waals surface area contributed by atoms with Crippen LogP contribution in [-0.4, -0.2) is 122 Å². The monoisotopic (exact) mass is 783 g/mol. The van der Waals surface area contributed by atoms with Crippen LogP contribution in [0, 0.1) is 10.1 Å². The molecule has 5 rings (SSSR count). The topological polar surface area (TPSA) is 173 Å². The lowest BCUT2D eigenvalue weighted by Crippen LogP contribution is -2.50. The van der Waals surface area contributed by atoms with Crippen LogP contribution >= 0.6 is 0 Å². The third kappa shape index (κ3) is 9.08. The number of carbonyl (C=O) groups excluding carboxylic acids is 2. The Kier molecular flexibility index (Phi) is 13.3. The zero-order valence-electron chi connectivity index (χ0n) is 32.8. The average Bonchev–Trinajstić information content (AvgIpc) is 3.17. The molecule has 0 saturated carbocycles. The van der Waals surface area contributed by atoms with E-state index in [1.807, 2.05) is 28.2 Å². The first kappa shape index (κ1) is 41.5. The van der Waals surface area contributed by atoms with Gasteiger partial charge in [-0.05, 0) is 89.2 Å². The second-order valence-corrected chi connectivity index (χ2v) is 18.7. The molecule has 1 heterocycles. The number of nitrogens with zero attached hydrogens (tertiary/aromatic N) is 3. The van der Waals surface area contributed by atoms with Gasteiger partial charge in [-0.2, -0.15) is 0 Å². The number of aromatic carboxylic acids is 1. The van der Waals surface area contributed by atoms with Gasteiger partial charge in [0.2, 0.25) is 0 Å². The van der Waals surface area contributed by atoms with Gasteiger partial charge in [0.25, 0.3) is 11.6 Å². The average molecular weight is 784 g/mol. The van der Waals surface area contributed by atoms with Crippen LogP contribution in [0.15, 0.2) is 83.6 Å². The van der Waals surface area contributed by atoms with Crippen molar-refractivity contribution in [1.29, 1.82) is 0 Å². The lowest BCUT2D eigenvalue weighted by atomic mass is 9.86. The number of carboxylic acids is 1. The fraction of sp³-hybridized carbons (Fsp3) is 0.341. The molecule has 296 valence electrons. The Hall–Kier alpha value is -5.61. The second-order valence-electron chi connectivity index (χ2n) is 14.4. The third-order valence-electron chi connectivity index (χ3n) is 9.95. The summed E-state index contributed by atoms with van der Waals surface area (Å²) in [4.78, 5) is 53.0. The molecule has 0 spiro atoms. The molecule has 3 N–H and O–H groups in total. The van der Waals surface area contributed by atoms with Gasteiger partial charge < -0.3 is 34.9 Å². The number of allylic oxidation sites excluding steroid dienone is 3. The first-order valence-corrected chi connectivity index (χ1v) is 21.2. The number of fused-ring (bicyclic) bond motifs is 2. The fourth-order valence-corrected chi connectivity index (χ4v) is 10.0. The number of ether oxygens (including phenoxy) is 3. The maximum Gasteiger partial charge on any atom is 0.337 e. The van der Waals surface area contributed by atoms with Gasteiger partial charge in [-0.3, -0.25) is 19.8 Å². The number of hydrogen-bond donors (Lipinski definition) is 3. The number of nitro benzene ring substituents is 1. The molecule has 0 aromatic heterocycles. The molecule has 1 aliphatic heterocycles. The highest BCUT2D eigenvalue weighted by atomic mass is 28.3. The van der Waals surface area contributed by atoms with Crippen LogP contribution in [-0.2, 0) is 14.2 Å². The summed E-state index contributed by atoms with van der Waals surface area (Å²) in [6.07, 6.45) is 6.54. The summed E-state index contributed by atoms with van der Waals surface area (Å²) < 4.78 is 15.9. The predicted octanol–water partition coefficient (Wildman–Crippen LogP) is 4.72. The number of esters is 1. The number of carboxylic acid groups (broad SMARTS) is 1.